The first-order chi connectivity index (χ1) is 5.73. The van der Waals surface area contributed by atoms with Crippen LogP contribution in [0.15, 0.2) is 0 Å². The van der Waals surface area contributed by atoms with E-state index in [1.54, 1.807) is 0 Å². The average Bonchev–Trinajstić information content (AvgIpc) is 2.00. The minimum atomic E-state index is -0.141. The zero-order valence-corrected chi connectivity index (χ0v) is 9.40. The maximum atomic E-state index is 11.7. The molecule has 1 aliphatic heterocycles. The topological polar surface area (TPSA) is 29.1 Å². The van der Waals surface area contributed by atoms with E-state index in [2.05, 4.69) is 39.9 Å². The lowest BCUT2D eigenvalue weighted by Crippen LogP contribution is -2.32. The molecule has 1 saturated heterocycles. The zero-order valence-electron chi connectivity index (χ0n) is 9.40. The average molecular weight is 183 g/mol. The van der Waals surface area contributed by atoms with Gasteiger partial charge in [0.15, 0.2) is 0 Å². The third kappa shape index (κ3) is 2.45. The molecule has 0 spiro atoms. The summed E-state index contributed by atoms with van der Waals surface area (Å²) in [5.41, 5.74) is 0.0911. The molecule has 0 aromatic rings. The fourth-order valence-corrected chi connectivity index (χ4v) is 2.54. The van der Waals surface area contributed by atoms with Gasteiger partial charge in [-0.05, 0) is 25.2 Å². The molecule has 76 valence electrons. The van der Waals surface area contributed by atoms with Gasteiger partial charge in [-0.3, -0.25) is 4.79 Å². The molecular weight excluding hydrogens is 162 g/mol. The minimum Gasteiger partial charge on any atom is -0.353 e. The van der Waals surface area contributed by atoms with Crippen LogP contribution in [0.25, 0.3) is 0 Å². The van der Waals surface area contributed by atoms with E-state index in [0.29, 0.717) is 6.04 Å². The highest BCUT2D eigenvalue weighted by Crippen LogP contribution is 2.40. The van der Waals surface area contributed by atoms with Gasteiger partial charge in [0.05, 0.1) is 0 Å². The van der Waals surface area contributed by atoms with E-state index in [0.717, 1.165) is 12.8 Å². The van der Waals surface area contributed by atoms with E-state index in [1.165, 1.54) is 0 Å². The molecular formula is C11H21NO. The van der Waals surface area contributed by atoms with E-state index in [4.69, 9.17) is 0 Å². The smallest absolute Gasteiger partial charge is 0.226 e. The molecule has 0 aromatic carbocycles. The molecule has 1 fully saturated rings. The van der Waals surface area contributed by atoms with Crippen LogP contribution >= 0.6 is 0 Å². The Morgan fingerprint density at radius 1 is 1.54 bits per heavy atom. The SMILES string of the molecule is CC1CC(C)(CC(C)(C)C)C(=O)N1. The fourth-order valence-electron chi connectivity index (χ4n) is 2.54. The summed E-state index contributed by atoms with van der Waals surface area (Å²) in [7, 11) is 0. The van der Waals surface area contributed by atoms with E-state index < -0.39 is 0 Å². The van der Waals surface area contributed by atoms with Crippen LogP contribution < -0.4 is 5.32 Å². The van der Waals surface area contributed by atoms with E-state index in [-0.39, 0.29) is 16.7 Å². The fraction of sp³-hybridized carbons (Fsp3) is 0.909. The van der Waals surface area contributed by atoms with Gasteiger partial charge in [-0.2, -0.15) is 0 Å². The highest BCUT2D eigenvalue weighted by molar-refractivity contribution is 5.84. The van der Waals surface area contributed by atoms with Gasteiger partial charge in [-0.15, -0.1) is 0 Å². The number of nitrogens with one attached hydrogen (secondary N) is 1. The number of carbonyl (C=O) groups excluding carboxylic acids is 1. The van der Waals surface area contributed by atoms with Crippen molar-refractivity contribution in [1.82, 2.24) is 5.32 Å². The van der Waals surface area contributed by atoms with Crippen molar-refractivity contribution in [2.45, 2.75) is 53.5 Å². The maximum Gasteiger partial charge on any atom is 0.226 e. The molecule has 0 saturated carbocycles. The molecule has 1 heterocycles. The zero-order chi connectivity index (χ0) is 10.3. The van der Waals surface area contributed by atoms with Crippen LogP contribution in [-0.4, -0.2) is 11.9 Å². The maximum absolute atomic E-state index is 11.7. The molecule has 2 unspecified atom stereocenters. The molecule has 0 bridgehead atoms. The Morgan fingerprint density at radius 3 is 2.38 bits per heavy atom. The van der Waals surface area contributed by atoms with Crippen molar-refractivity contribution in [3.05, 3.63) is 0 Å². The summed E-state index contributed by atoms with van der Waals surface area (Å²) in [4.78, 5) is 11.7. The second-order valence-corrected chi connectivity index (χ2v) is 5.88. The van der Waals surface area contributed by atoms with Gasteiger partial charge < -0.3 is 5.32 Å². The molecule has 2 atom stereocenters. The van der Waals surface area contributed by atoms with Crippen LogP contribution in [0.5, 0.6) is 0 Å². The molecule has 1 N–H and O–H groups in total. The Kier molecular flexibility index (Phi) is 2.44. The first kappa shape index (κ1) is 10.6. The summed E-state index contributed by atoms with van der Waals surface area (Å²) in [6, 6.07) is 0.347. The summed E-state index contributed by atoms with van der Waals surface area (Å²) >= 11 is 0. The first-order valence-corrected chi connectivity index (χ1v) is 5.04. The largest absolute Gasteiger partial charge is 0.353 e. The lowest BCUT2D eigenvalue weighted by molar-refractivity contribution is -0.128. The van der Waals surface area contributed by atoms with Crippen molar-refractivity contribution in [2.24, 2.45) is 10.8 Å². The van der Waals surface area contributed by atoms with Gasteiger partial charge in [0.1, 0.15) is 0 Å². The third-order valence-electron chi connectivity index (χ3n) is 2.60. The first-order valence-electron chi connectivity index (χ1n) is 5.04. The van der Waals surface area contributed by atoms with Gasteiger partial charge in [0.25, 0.3) is 0 Å². The van der Waals surface area contributed by atoms with Crippen molar-refractivity contribution in [2.75, 3.05) is 0 Å². The predicted octanol–water partition coefficient (Wildman–Crippen LogP) is 2.34. The second-order valence-electron chi connectivity index (χ2n) is 5.88. The highest BCUT2D eigenvalue weighted by atomic mass is 16.2. The lowest BCUT2D eigenvalue weighted by atomic mass is 9.73. The number of amides is 1. The van der Waals surface area contributed by atoms with Crippen molar-refractivity contribution in [3.8, 4) is 0 Å². The second kappa shape index (κ2) is 3.00. The van der Waals surface area contributed by atoms with E-state index in [1.807, 2.05) is 0 Å². The number of carbonyl (C=O) groups is 1. The Bertz CT molecular complexity index is 217. The summed E-state index contributed by atoms with van der Waals surface area (Å²) in [5.74, 6) is 0.231. The molecule has 13 heavy (non-hydrogen) atoms. The summed E-state index contributed by atoms with van der Waals surface area (Å²) in [6.07, 6.45) is 1.94. The van der Waals surface area contributed by atoms with Crippen LogP contribution in [0, 0.1) is 10.8 Å². The predicted molar refractivity (Wildman–Crippen MR) is 54.4 cm³/mol. The van der Waals surface area contributed by atoms with Gasteiger partial charge in [-0.1, -0.05) is 27.7 Å². The molecule has 1 aliphatic rings. The van der Waals surface area contributed by atoms with Crippen molar-refractivity contribution < 1.29 is 4.79 Å². The molecule has 2 heteroatoms. The Labute approximate surface area is 81.1 Å². The van der Waals surface area contributed by atoms with Gasteiger partial charge in [0.2, 0.25) is 5.91 Å². The summed E-state index contributed by atoms with van der Waals surface area (Å²) < 4.78 is 0. The van der Waals surface area contributed by atoms with Crippen molar-refractivity contribution in [3.63, 3.8) is 0 Å². The van der Waals surface area contributed by atoms with Gasteiger partial charge in [-0.25, -0.2) is 0 Å². The summed E-state index contributed by atoms with van der Waals surface area (Å²) in [5, 5.41) is 2.99. The minimum absolute atomic E-state index is 0.141. The summed E-state index contributed by atoms with van der Waals surface area (Å²) in [6.45, 7) is 10.7. The standard InChI is InChI=1S/C11H21NO/c1-8-6-11(5,9(13)12-8)7-10(2,3)4/h8H,6-7H2,1-5H3,(H,12,13). The van der Waals surface area contributed by atoms with Crippen LogP contribution in [0.3, 0.4) is 0 Å². The van der Waals surface area contributed by atoms with E-state index in [9.17, 15) is 4.79 Å². The Balaban J connectivity index is 2.72. The van der Waals surface area contributed by atoms with Gasteiger partial charge in [0, 0.05) is 11.5 Å². The van der Waals surface area contributed by atoms with Crippen LogP contribution in [0.4, 0.5) is 0 Å². The van der Waals surface area contributed by atoms with Crippen LogP contribution in [0.1, 0.15) is 47.5 Å². The number of rotatable bonds is 1. The van der Waals surface area contributed by atoms with Crippen molar-refractivity contribution >= 4 is 5.91 Å². The van der Waals surface area contributed by atoms with Crippen LogP contribution in [-0.2, 0) is 4.79 Å². The van der Waals surface area contributed by atoms with Gasteiger partial charge >= 0.3 is 0 Å². The number of hydrogen-bond donors (Lipinski definition) is 1. The highest BCUT2D eigenvalue weighted by Gasteiger charge is 2.43. The van der Waals surface area contributed by atoms with E-state index >= 15 is 0 Å². The molecule has 1 rings (SSSR count). The Morgan fingerprint density at radius 2 is 2.08 bits per heavy atom. The normalized spacial score (nSPS) is 34.8. The Hall–Kier alpha value is -0.530. The molecule has 0 radical (unpaired) electrons. The molecule has 0 aliphatic carbocycles. The molecule has 1 amide bonds. The monoisotopic (exact) mass is 183 g/mol. The molecule has 0 aromatic heterocycles. The lowest BCUT2D eigenvalue weighted by Gasteiger charge is -2.29. The quantitative estimate of drug-likeness (QED) is 0.664. The number of hydrogen-bond acceptors (Lipinski definition) is 1. The van der Waals surface area contributed by atoms with Crippen molar-refractivity contribution in [1.29, 1.82) is 0 Å². The third-order valence-corrected chi connectivity index (χ3v) is 2.60. The molecule has 2 nitrogen and oxygen atoms in total. The van der Waals surface area contributed by atoms with Crippen LogP contribution in [0.2, 0.25) is 0 Å².